The molecule has 7 nitrogen and oxygen atoms in total. The number of sulfonamides is 1. The maximum Gasteiger partial charge on any atom is 0.310 e. The molecule has 0 aliphatic carbocycles. The van der Waals surface area contributed by atoms with Crippen molar-refractivity contribution in [1.82, 2.24) is 4.31 Å². The zero-order valence-corrected chi connectivity index (χ0v) is 16.9. The third-order valence-electron chi connectivity index (χ3n) is 4.06. The minimum atomic E-state index is -3.84. The van der Waals surface area contributed by atoms with E-state index in [1.54, 1.807) is 13.0 Å². The van der Waals surface area contributed by atoms with Crippen LogP contribution in [0.25, 0.3) is 0 Å². The third-order valence-corrected chi connectivity index (χ3v) is 6.57. The first kappa shape index (κ1) is 20.0. The number of halogens is 1. The van der Waals surface area contributed by atoms with Gasteiger partial charge in [-0.2, -0.15) is 4.31 Å². The van der Waals surface area contributed by atoms with E-state index in [4.69, 9.17) is 14.2 Å². The number of hydrogen-bond acceptors (Lipinski definition) is 6. The van der Waals surface area contributed by atoms with E-state index in [-0.39, 0.29) is 29.8 Å². The maximum absolute atomic E-state index is 13.1. The highest BCUT2D eigenvalue weighted by atomic mass is 79.9. The molecule has 0 aromatic heterocycles. The molecule has 1 aromatic rings. The quantitative estimate of drug-likeness (QED) is 0.638. The number of carbonyl (C=O) groups is 1. The highest BCUT2D eigenvalue weighted by Crippen LogP contribution is 2.37. The summed E-state index contributed by atoms with van der Waals surface area (Å²) in [6, 6.07) is 2.98. The first-order valence-corrected chi connectivity index (χ1v) is 10.2. The molecule has 0 saturated carbocycles. The molecule has 25 heavy (non-hydrogen) atoms. The topological polar surface area (TPSA) is 82.1 Å². The highest BCUT2D eigenvalue weighted by molar-refractivity contribution is 9.10. The number of carbonyl (C=O) groups excluding carboxylic acids is 1. The molecule has 1 heterocycles. The molecular formula is C16H22BrNO6S. The molecule has 1 aromatic carbocycles. The smallest absolute Gasteiger partial charge is 0.310 e. The van der Waals surface area contributed by atoms with Crippen molar-refractivity contribution in [2.24, 2.45) is 5.92 Å². The van der Waals surface area contributed by atoms with Gasteiger partial charge in [0.15, 0.2) is 0 Å². The van der Waals surface area contributed by atoms with E-state index < -0.39 is 15.9 Å². The Morgan fingerprint density at radius 3 is 2.56 bits per heavy atom. The second-order valence-electron chi connectivity index (χ2n) is 5.59. The first-order chi connectivity index (χ1) is 11.8. The zero-order chi connectivity index (χ0) is 18.6. The van der Waals surface area contributed by atoms with Gasteiger partial charge in [0.05, 0.1) is 31.2 Å². The van der Waals surface area contributed by atoms with E-state index in [0.717, 1.165) is 0 Å². The van der Waals surface area contributed by atoms with Crippen LogP contribution in [-0.2, 0) is 19.6 Å². The summed E-state index contributed by atoms with van der Waals surface area (Å²) in [5, 5.41) is 0. The van der Waals surface area contributed by atoms with Crippen LogP contribution < -0.4 is 9.47 Å². The Hall–Kier alpha value is -1.32. The lowest BCUT2D eigenvalue weighted by atomic mass is 10.0. The molecular weight excluding hydrogens is 414 g/mol. The lowest BCUT2D eigenvalue weighted by molar-refractivity contribution is -0.149. The van der Waals surface area contributed by atoms with Gasteiger partial charge in [-0.05, 0) is 41.8 Å². The maximum atomic E-state index is 13.1. The molecule has 1 unspecified atom stereocenters. The Bertz CT molecular complexity index is 736. The molecule has 0 N–H and O–H groups in total. The van der Waals surface area contributed by atoms with Gasteiger partial charge >= 0.3 is 5.97 Å². The Labute approximate surface area is 156 Å². The van der Waals surface area contributed by atoms with Crippen LogP contribution in [0.4, 0.5) is 0 Å². The van der Waals surface area contributed by atoms with Crippen LogP contribution in [0.15, 0.2) is 21.5 Å². The second-order valence-corrected chi connectivity index (χ2v) is 8.35. The molecule has 2 rings (SSSR count). The van der Waals surface area contributed by atoms with E-state index in [1.807, 2.05) is 0 Å². The summed E-state index contributed by atoms with van der Waals surface area (Å²) in [6.45, 7) is 2.45. The van der Waals surface area contributed by atoms with Gasteiger partial charge in [-0.3, -0.25) is 4.79 Å². The standard InChI is InChI=1S/C16H22BrNO6S/c1-4-24-16(19)11-6-5-7-18(10-11)25(20,21)15-9-13(22-2)12(17)8-14(15)23-3/h8-9,11H,4-7,10H2,1-3H3. The van der Waals surface area contributed by atoms with Gasteiger partial charge < -0.3 is 14.2 Å². The van der Waals surface area contributed by atoms with Crippen LogP contribution in [0, 0.1) is 5.92 Å². The monoisotopic (exact) mass is 435 g/mol. The van der Waals surface area contributed by atoms with Gasteiger partial charge in [0.25, 0.3) is 0 Å². The molecule has 1 fully saturated rings. The number of nitrogens with zero attached hydrogens (tertiary/aromatic N) is 1. The van der Waals surface area contributed by atoms with Crippen molar-refractivity contribution in [3.8, 4) is 11.5 Å². The Balaban J connectivity index is 2.36. The SMILES string of the molecule is CCOC(=O)C1CCCN(S(=O)(=O)c2cc(OC)c(Br)cc2OC)C1. The van der Waals surface area contributed by atoms with Crippen molar-refractivity contribution in [3.63, 3.8) is 0 Å². The van der Waals surface area contributed by atoms with E-state index in [2.05, 4.69) is 15.9 Å². The van der Waals surface area contributed by atoms with Crippen molar-refractivity contribution < 1.29 is 27.4 Å². The number of esters is 1. The molecule has 140 valence electrons. The molecule has 1 atom stereocenters. The lowest BCUT2D eigenvalue weighted by Gasteiger charge is -2.31. The predicted molar refractivity (Wildman–Crippen MR) is 95.4 cm³/mol. The number of ether oxygens (including phenoxy) is 3. The van der Waals surface area contributed by atoms with Gasteiger partial charge in [-0.1, -0.05) is 0 Å². The van der Waals surface area contributed by atoms with Crippen molar-refractivity contribution in [3.05, 3.63) is 16.6 Å². The summed E-state index contributed by atoms with van der Waals surface area (Å²) in [5.41, 5.74) is 0. The fourth-order valence-corrected chi connectivity index (χ4v) is 4.95. The lowest BCUT2D eigenvalue weighted by Crippen LogP contribution is -2.42. The number of methoxy groups -OCH3 is 2. The van der Waals surface area contributed by atoms with Crippen LogP contribution in [0.2, 0.25) is 0 Å². The normalized spacial score (nSPS) is 18.6. The number of benzene rings is 1. The van der Waals surface area contributed by atoms with Crippen molar-refractivity contribution >= 4 is 31.9 Å². The average molecular weight is 436 g/mol. The van der Waals surface area contributed by atoms with Crippen molar-refractivity contribution in [2.75, 3.05) is 33.9 Å². The van der Waals surface area contributed by atoms with Crippen LogP contribution in [0.3, 0.4) is 0 Å². The van der Waals surface area contributed by atoms with Gasteiger partial charge in [0.1, 0.15) is 16.4 Å². The summed E-state index contributed by atoms with van der Waals surface area (Å²) in [7, 11) is -0.969. The van der Waals surface area contributed by atoms with E-state index >= 15 is 0 Å². The van der Waals surface area contributed by atoms with Gasteiger partial charge in [-0.15, -0.1) is 0 Å². The van der Waals surface area contributed by atoms with Crippen LogP contribution >= 0.6 is 15.9 Å². The first-order valence-electron chi connectivity index (χ1n) is 7.93. The molecule has 0 spiro atoms. The number of piperidine rings is 1. The van der Waals surface area contributed by atoms with E-state index in [1.165, 1.54) is 24.6 Å². The Kier molecular flexibility index (Phi) is 6.70. The number of hydrogen-bond donors (Lipinski definition) is 0. The Morgan fingerprint density at radius 2 is 1.96 bits per heavy atom. The predicted octanol–water partition coefficient (Wildman–Crippen LogP) is 2.43. The van der Waals surface area contributed by atoms with Crippen molar-refractivity contribution in [2.45, 2.75) is 24.7 Å². The molecule has 0 bridgehead atoms. The fourth-order valence-electron chi connectivity index (χ4n) is 2.79. The van der Waals surface area contributed by atoms with Gasteiger partial charge in [0.2, 0.25) is 10.0 Å². The van der Waals surface area contributed by atoms with Gasteiger partial charge in [0, 0.05) is 19.2 Å². The summed E-state index contributed by atoms with van der Waals surface area (Å²) in [6.07, 6.45) is 1.21. The van der Waals surface area contributed by atoms with Crippen molar-refractivity contribution in [1.29, 1.82) is 0 Å². The van der Waals surface area contributed by atoms with Crippen LogP contribution in [-0.4, -0.2) is 52.6 Å². The third kappa shape index (κ3) is 4.27. The highest BCUT2D eigenvalue weighted by Gasteiger charge is 2.36. The molecule has 1 aliphatic heterocycles. The molecule has 0 amide bonds. The summed E-state index contributed by atoms with van der Waals surface area (Å²) in [5.74, 6) is -0.209. The summed E-state index contributed by atoms with van der Waals surface area (Å²) >= 11 is 3.32. The summed E-state index contributed by atoms with van der Waals surface area (Å²) < 4.78 is 43.6. The Morgan fingerprint density at radius 1 is 1.28 bits per heavy atom. The molecule has 9 heteroatoms. The van der Waals surface area contributed by atoms with E-state index in [9.17, 15) is 13.2 Å². The zero-order valence-electron chi connectivity index (χ0n) is 14.5. The van der Waals surface area contributed by atoms with Gasteiger partial charge in [-0.25, -0.2) is 8.42 Å². The van der Waals surface area contributed by atoms with Crippen LogP contribution in [0.5, 0.6) is 11.5 Å². The number of rotatable bonds is 6. The molecule has 0 radical (unpaired) electrons. The second kappa shape index (κ2) is 8.37. The molecule has 1 saturated heterocycles. The van der Waals surface area contributed by atoms with Crippen LogP contribution in [0.1, 0.15) is 19.8 Å². The summed E-state index contributed by atoms with van der Waals surface area (Å²) in [4.78, 5) is 12.0. The van der Waals surface area contributed by atoms with E-state index in [0.29, 0.717) is 29.6 Å². The minimum absolute atomic E-state index is 0.0135. The fraction of sp³-hybridized carbons (Fsp3) is 0.562. The average Bonchev–Trinajstić information content (AvgIpc) is 2.61. The minimum Gasteiger partial charge on any atom is -0.496 e. The molecule has 1 aliphatic rings. The largest absolute Gasteiger partial charge is 0.496 e.